The number of fused-ring (bicyclic) bond motifs is 4. The Morgan fingerprint density at radius 2 is 2.03 bits per heavy atom. The zero-order valence-corrected chi connectivity index (χ0v) is 20.6. The molecule has 2 aliphatic heterocycles. The third kappa shape index (κ3) is 3.67. The van der Waals surface area contributed by atoms with Crippen LogP contribution in [0.1, 0.15) is 12.0 Å². The smallest absolute Gasteiger partial charge is 0.134 e. The molecule has 2 fully saturated rings. The lowest BCUT2D eigenvalue weighted by Crippen LogP contribution is -2.47. The van der Waals surface area contributed by atoms with Gasteiger partial charge in [0, 0.05) is 56.4 Å². The Morgan fingerprint density at radius 3 is 2.89 bits per heavy atom. The van der Waals surface area contributed by atoms with Gasteiger partial charge >= 0.3 is 0 Å². The van der Waals surface area contributed by atoms with Crippen LogP contribution in [0.4, 0.5) is 17.5 Å². The predicted octanol–water partition coefficient (Wildman–Crippen LogP) is 3.10. The first kappa shape index (κ1) is 21.6. The summed E-state index contributed by atoms with van der Waals surface area (Å²) in [5, 5.41) is 18.0. The molecule has 0 saturated carbocycles. The fourth-order valence-electron chi connectivity index (χ4n) is 5.44. The molecule has 5 aromatic rings. The van der Waals surface area contributed by atoms with Crippen molar-refractivity contribution in [3.63, 3.8) is 0 Å². The van der Waals surface area contributed by atoms with Crippen molar-refractivity contribution in [1.29, 1.82) is 0 Å². The van der Waals surface area contributed by atoms with Gasteiger partial charge in [0.15, 0.2) is 0 Å². The number of anilines is 3. The summed E-state index contributed by atoms with van der Waals surface area (Å²) in [5.41, 5.74) is 3.91. The van der Waals surface area contributed by atoms with Gasteiger partial charge in [-0.25, -0.2) is 19.5 Å². The Bertz CT molecular complexity index is 1580. The number of thiazole rings is 1. The molecule has 2 bridgehead atoms. The molecule has 0 unspecified atom stereocenters. The topological polar surface area (TPSA) is 108 Å². The molecule has 2 N–H and O–H groups in total. The second-order valence-corrected chi connectivity index (χ2v) is 10.5. The molecule has 0 aromatic carbocycles. The lowest BCUT2D eigenvalue weighted by atomic mass is 10.2. The van der Waals surface area contributed by atoms with Gasteiger partial charge in [-0.15, -0.1) is 11.3 Å². The fourth-order valence-corrected chi connectivity index (χ4v) is 6.38. The normalized spacial score (nSPS) is 19.7. The average molecular weight is 500 g/mol. The number of hydrogen-bond acceptors (Lipinski definition) is 10. The van der Waals surface area contributed by atoms with Crippen molar-refractivity contribution in [2.75, 3.05) is 36.5 Å². The molecule has 7 heterocycles. The van der Waals surface area contributed by atoms with Crippen molar-refractivity contribution in [2.24, 2.45) is 0 Å². The van der Waals surface area contributed by atoms with Crippen molar-refractivity contribution in [3.05, 3.63) is 54.7 Å². The van der Waals surface area contributed by atoms with E-state index in [1.807, 2.05) is 30.7 Å². The minimum Gasteiger partial charge on any atom is -0.395 e. The van der Waals surface area contributed by atoms with Crippen molar-refractivity contribution in [3.8, 4) is 10.6 Å². The van der Waals surface area contributed by atoms with Crippen LogP contribution in [0.25, 0.3) is 26.3 Å². The molecule has 0 radical (unpaired) electrons. The third-order valence-corrected chi connectivity index (χ3v) is 8.12. The summed E-state index contributed by atoms with van der Waals surface area (Å²) in [6.07, 6.45) is 10.2. The van der Waals surface area contributed by atoms with E-state index in [1.165, 1.54) is 0 Å². The number of rotatable bonds is 6. The molecular weight excluding hydrogens is 474 g/mol. The van der Waals surface area contributed by atoms with E-state index >= 15 is 0 Å². The number of aliphatic hydroxyl groups excluding tert-OH is 1. The lowest BCUT2D eigenvalue weighted by molar-refractivity contribution is 0.177. The zero-order valence-electron chi connectivity index (χ0n) is 19.7. The van der Waals surface area contributed by atoms with Gasteiger partial charge < -0.3 is 15.3 Å². The van der Waals surface area contributed by atoms with E-state index in [0.717, 1.165) is 69.6 Å². The predicted molar refractivity (Wildman–Crippen MR) is 140 cm³/mol. The number of nitrogens with one attached hydrogen (secondary N) is 1. The van der Waals surface area contributed by atoms with Gasteiger partial charge in [0.1, 0.15) is 22.5 Å². The Balaban J connectivity index is 1.14. The number of likely N-dealkylation sites (tertiary alicyclic amines) is 1. The highest BCUT2D eigenvalue weighted by molar-refractivity contribution is 7.21. The van der Waals surface area contributed by atoms with E-state index in [1.54, 1.807) is 28.2 Å². The van der Waals surface area contributed by atoms with Crippen LogP contribution in [0, 0.1) is 6.92 Å². The molecule has 5 aromatic heterocycles. The van der Waals surface area contributed by atoms with E-state index in [0.29, 0.717) is 17.9 Å². The number of hydrogen-bond donors (Lipinski definition) is 2. The first-order chi connectivity index (χ1) is 17.6. The number of nitrogens with zero attached hydrogens (tertiary/aromatic N) is 8. The monoisotopic (exact) mass is 499 g/mol. The van der Waals surface area contributed by atoms with E-state index < -0.39 is 0 Å². The largest absolute Gasteiger partial charge is 0.395 e. The van der Waals surface area contributed by atoms with Crippen LogP contribution in [0.3, 0.4) is 0 Å². The van der Waals surface area contributed by atoms with Crippen LogP contribution in [-0.4, -0.2) is 77.9 Å². The van der Waals surface area contributed by atoms with Crippen molar-refractivity contribution >= 4 is 44.5 Å². The fraction of sp³-hybridized carbons (Fsp3) is 0.320. The van der Waals surface area contributed by atoms with Gasteiger partial charge in [-0.1, -0.05) is 0 Å². The van der Waals surface area contributed by atoms with Crippen LogP contribution in [0.2, 0.25) is 0 Å². The zero-order chi connectivity index (χ0) is 24.2. The highest BCUT2D eigenvalue weighted by Crippen LogP contribution is 2.35. The molecule has 0 spiro atoms. The van der Waals surface area contributed by atoms with Gasteiger partial charge in [-0.05, 0) is 31.0 Å². The third-order valence-electron chi connectivity index (χ3n) is 7.08. The Kier molecular flexibility index (Phi) is 5.08. The van der Waals surface area contributed by atoms with E-state index in [4.69, 9.17) is 9.97 Å². The first-order valence-corrected chi connectivity index (χ1v) is 12.9. The van der Waals surface area contributed by atoms with Crippen LogP contribution >= 0.6 is 11.3 Å². The number of piperazine rings is 1. The van der Waals surface area contributed by atoms with Gasteiger partial charge in [0.25, 0.3) is 0 Å². The molecule has 11 heteroatoms. The van der Waals surface area contributed by atoms with Crippen LogP contribution in [-0.2, 0) is 0 Å². The summed E-state index contributed by atoms with van der Waals surface area (Å²) >= 11 is 1.59. The highest BCUT2D eigenvalue weighted by Gasteiger charge is 2.43. The second kappa shape index (κ2) is 8.47. The summed E-state index contributed by atoms with van der Waals surface area (Å²) in [6, 6.07) is 7.10. The summed E-state index contributed by atoms with van der Waals surface area (Å²) in [5.74, 6) is 2.48. The number of aryl methyl sites for hydroxylation is 1. The molecule has 182 valence electrons. The quantitative estimate of drug-likeness (QED) is 0.364. The summed E-state index contributed by atoms with van der Waals surface area (Å²) in [4.78, 5) is 23.4. The average Bonchev–Trinajstić information content (AvgIpc) is 3.65. The number of aliphatic hydroxyl groups is 1. The Morgan fingerprint density at radius 1 is 1.08 bits per heavy atom. The van der Waals surface area contributed by atoms with Gasteiger partial charge in [-0.3, -0.25) is 9.88 Å². The molecule has 36 heavy (non-hydrogen) atoms. The number of β-amino-alcohol motifs (C(OH)–C–C–N with tert-alkyl or cyclic N) is 1. The molecule has 2 atom stereocenters. The summed E-state index contributed by atoms with van der Waals surface area (Å²) in [7, 11) is 0. The Hall–Kier alpha value is -3.67. The van der Waals surface area contributed by atoms with Crippen molar-refractivity contribution in [2.45, 2.75) is 25.4 Å². The number of pyridine rings is 2. The first-order valence-electron chi connectivity index (χ1n) is 12.1. The standard InChI is InChI=1S/C25H25N9OS/c1-15-6-23(31-24(7-15)33-14-16-8-17(33)13-32(16)4-5-35)30-22-9-19-21(12-27-22)36-25(29-19)18-10-28-34-3-2-26-11-20(18)34/h2-3,6-7,9-12,16-17,35H,4-5,8,13-14H2,1H3,(H,27,30,31)/t16-,17-/m0/s1. The van der Waals surface area contributed by atoms with E-state index in [2.05, 4.69) is 43.2 Å². The minimum absolute atomic E-state index is 0.216. The number of aromatic nitrogens is 6. The van der Waals surface area contributed by atoms with Crippen molar-refractivity contribution < 1.29 is 5.11 Å². The lowest BCUT2D eigenvalue weighted by Gasteiger charge is -2.34. The molecule has 0 aliphatic carbocycles. The minimum atomic E-state index is 0.216. The molecule has 2 aliphatic rings. The molecule has 0 amide bonds. The van der Waals surface area contributed by atoms with Crippen molar-refractivity contribution in [1.82, 2.24) is 34.4 Å². The van der Waals surface area contributed by atoms with Gasteiger partial charge in [0.2, 0.25) is 0 Å². The summed E-state index contributed by atoms with van der Waals surface area (Å²) < 4.78 is 2.81. The molecule has 7 rings (SSSR count). The van der Waals surface area contributed by atoms with Crippen LogP contribution in [0.15, 0.2) is 49.2 Å². The van der Waals surface area contributed by atoms with E-state index in [-0.39, 0.29) is 6.61 Å². The second-order valence-electron chi connectivity index (χ2n) is 9.45. The van der Waals surface area contributed by atoms with E-state index in [9.17, 15) is 5.11 Å². The highest BCUT2D eigenvalue weighted by atomic mass is 32.1. The Labute approximate surface area is 211 Å². The SMILES string of the molecule is Cc1cc(Nc2cc3nc(-c4cnn5ccncc45)sc3cn2)nc(N2C[C@@H]3C[C@H]2CN3CCO)c1. The molecule has 10 nitrogen and oxygen atoms in total. The van der Waals surface area contributed by atoms with Crippen LogP contribution in [0.5, 0.6) is 0 Å². The summed E-state index contributed by atoms with van der Waals surface area (Å²) in [6.45, 7) is 5.00. The van der Waals surface area contributed by atoms with Crippen LogP contribution < -0.4 is 10.2 Å². The van der Waals surface area contributed by atoms with Gasteiger partial charge in [-0.2, -0.15) is 5.10 Å². The molecular formula is C25H25N9OS. The maximum Gasteiger partial charge on any atom is 0.134 e. The maximum atomic E-state index is 9.32. The van der Waals surface area contributed by atoms with Gasteiger partial charge in [0.05, 0.1) is 40.3 Å². The maximum absolute atomic E-state index is 9.32. The molecule has 2 saturated heterocycles.